The Morgan fingerprint density at radius 2 is 2.08 bits per heavy atom. The first kappa shape index (κ1) is 7.98. The van der Waals surface area contributed by atoms with E-state index >= 15 is 0 Å². The smallest absolute Gasteiger partial charge is 0.148 e. The van der Waals surface area contributed by atoms with Crippen molar-refractivity contribution >= 4 is 16.6 Å². The summed E-state index contributed by atoms with van der Waals surface area (Å²) in [5.41, 5.74) is 7.27. The molecule has 2 rings (SSSR count). The summed E-state index contributed by atoms with van der Waals surface area (Å²) in [6.07, 6.45) is 1.63. The van der Waals surface area contributed by atoms with Crippen LogP contribution in [0, 0.1) is 12.7 Å². The Labute approximate surface area is 75.2 Å². The standard InChI is InChI=1S/C10H9FN2/c1-6-4-5-13-10-7(6)2-3-8(11)9(10)12/h2-5H,12H2,1H3. The minimum atomic E-state index is -0.411. The highest BCUT2D eigenvalue weighted by atomic mass is 19.1. The van der Waals surface area contributed by atoms with Crippen LogP contribution in [0.15, 0.2) is 24.4 Å². The van der Waals surface area contributed by atoms with Gasteiger partial charge < -0.3 is 5.73 Å². The second-order valence-corrected chi connectivity index (χ2v) is 2.99. The molecule has 66 valence electrons. The number of nitrogen functional groups attached to an aromatic ring is 1. The molecule has 2 nitrogen and oxygen atoms in total. The zero-order valence-corrected chi connectivity index (χ0v) is 7.21. The number of hydrogen-bond acceptors (Lipinski definition) is 2. The SMILES string of the molecule is Cc1ccnc2c(N)c(F)ccc12. The predicted octanol–water partition coefficient (Wildman–Crippen LogP) is 2.26. The molecule has 0 aliphatic carbocycles. The minimum Gasteiger partial charge on any atom is -0.395 e. The number of fused-ring (bicyclic) bond motifs is 1. The van der Waals surface area contributed by atoms with Gasteiger partial charge in [0.05, 0.1) is 11.2 Å². The summed E-state index contributed by atoms with van der Waals surface area (Å²) in [6, 6.07) is 4.94. The molecule has 0 saturated heterocycles. The average Bonchev–Trinajstić information content (AvgIpc) is 2.12. The maximum absolute atomic E-state index is 13.0. The summed E-state index contributed by atoms with van der Waals surface area (Å²) < 4.78 is 13.0. The molecule has 0 amide bonds. The summed E-state index contributed by atoms with van der Waals surface area (Å²) in [5.74, 6) is -0.411. The fourth-order valence-electron chi connectivity index (χ4n) is 1.35. The van der Waals surface area contributed by atoms with Gasteiger partial charge in [0, 0.05) is 11.6 Å². The number of anilines is 1. The normalized spacial score (nSPS) is 10.6. The van der Waals surface area contributed by atoms with Crippen molar-refractivity contribution in [3.05, 3.63) is 35.8 Å². The van der Waals surface area contributed by atoms with Crippen molar-refractivity contribution in [1.82, 2.24) is 4.98 Å². The van der Waals surface area contributed by atoms with Gasteiger partial charge in [-0.1, -0.05) is 0 Å². The Bertz CT molecular complexity index is 466. The molecule has 0 radical (unpaired) electrons. The quantitative estimate of drug-likeness (QED) is 0.625. The molecule has 0 aliphatic rings. The van der Waals surface area contributed by atoms with Crippen molar-refractivity contribution in [2.24, 2.45) is 0 Å². The number of nitrogens with two attached hydrogens (primary N) is 1. The van der Waals surface area contributed by atoms with E-state index in [9.17, 15) is 4.39 Å². The van der Waals surface area contributed by atoms with Crippen molar-refractivity contribution < 1.29 is 4.39 Å². The number of nitrogens with zero attached hydrogens (tertiary/aromatic N) is 1. The van der Waals surface area contributed by atoms with Crippen LogP contribution in [0.4, 0.5) is 10.1 Å². The number of aromatic nitrogens is 1. The first-order chi connectivity index (χ1) is 6.20. The third-order valence-electron chi connectivity index (χ3n) is 2.12. The molecule has 0 spiro atoms. The molecule has 2 aromatic rings. The highest BCUT2D eigenvalue weighted by Gasteiger charge is 2.05. The predicted molar refractivity (Wildman–Crippen MR) is 50.9 cm³/mol. The zero-order chi connectivity index (χ0) is 9.42. The molecule has 1 heterocycles. The van der Waals surface area contributed by atoms with E-state index in [4.69, 9.17) is 5.73 Å². The molecular weight excluding hydrogens is 167 g/mol. The van der Waals surface area contributed by atoms with Gasteiger partial charge >= 0.3 is 0 Å². The lowest BCUT2D eigenvalue weighted by Gasteiger charge is -2.03. The van der Waals surface area contributed by atoms with Crippen molar-refractivity contribution in [2.75, 3.05) is 5.73 Å². The number of halogens is 1. The van der Waals surface area contributed by atoms with Gasteiger partial charge in [-0.3, -0.25) is 4.98 Å². The van der Waals surface area contributed by atoms with Gasteiger partial charge in [0.15, 0.2) is 0 Å². The van der Waals surface area contributed by atoms with E-state index < -0.39 is 5.82 Å². The van der Waals surface area contributed by atoms with Crippen molar-refractivity contribution in [2.45, 2.75) is 6.92 Å². The van der Waals surface area contributed by atoms with Crippen LogP contribution in [0.2, 0.25) is 0 Å². The fourth-order valence-corrected chi connectivity index (χ4v) is 1.35. The van der Waals surface area contributed by atoms with Gasteiger partial charge in [0.1, 0.15) is 5.82 Å². The monoisotopic (exact) mass is 176 g/mol. The van der Waals surface area contributed by atoms with Gasteiger partial charge in [-0.05, 0) is 30.7 Å². The molecule has 0 unspecified atom stereocenters. The number of pyridine rings is 1. The summed E-state index contributed by atoms with van der Waals surface area (Å²) in [6.45, 7) is 1.95. The van der Waals surface area contributed by atoms with Gasteiger partial charge in [-0.25, -0.2) is 4.39 Å². The Morgan fingerprint density at radius 3 is 2.85 bits per heavy atom. The Kier molecular flexibility index (Phi) is 1.65. The largest absolute Gasteiger partial charge is 0.395 e. The molecule has 0 atom stereocenters. The molecule has 0 fully saturated rings. The lowest BCUT2D eigenvalue weighted by molar-refractivity contribution is 0.634. The summed E-state index contributed by atoms with van der Waals surface area (Å²) in [7, 11) is 0. The van der Waals surface area contributed by atoms with Gasteiger partial charge in [0.2, 0.25) is 0 Å². The first-order valence-corrected chi connectivity index (χ1v) is 3.99. The molecule has 0 saturated carbocycles. The van der Waals surface area contributed by atoms with Gasteiger partial charge in [0.25, 0.3) is 0 Å². The third kappa shape index (κ3) is 1.13. The van der Waals surface area contributed by atoms with E-state index in [0.717, 1.165) is 10.9 Å². The van der Waals surface area contributed by atoms with Crippen LogP contribution in [0.3, 0.4) is 0 Å². The average molecular weight is 176 g/mol. The summed E-state index contributed by atoms with van der Waals surface area (Å²) >= 11 is 0. The van der Waals surface area contributed by atoms with Crippen LogP contribution in [-0.2, 0) is 0 Å². The van der Waals surface area contributed by atoms with E-state index in [1.807, 2.05) is 13.0 Å². The second-order valence-electron chi connectivity index (χ2n) is 2.99. The molecule has 1 aromatic carbocycles. The lowest BCUT2D eigenvalue weighted by atomic mass is 10.1. The number of benzene rings is 1. The van der Waals surface area contributed by atoms with Crippen molar-refractivity contribution in [3.63, 3.8) is 0 Å². The van der Waals surface area contributed by atoms with Crippen molar-refractivity contribution in [1.29, 1.82) is 0 Å². The fraction of sp³-hybridized carbons (Fsp3) is 0.100. The van der Waals surface area contributed by atoms with E-state index in [1.54, 1.807) is 12.3 Å². The molecule has 1 aromatic heterocycles. The van der Waals surface area contributed by atoms with E-state index in [0.29, 0.717) is 5.52 Å². The van der Waals surface area contributed by atoms with Crippen LogP contribution >= 0.6 is 0 Å². The van der Waals surface area contributed by atoms with Gasteiger partial charge in [-0.2, -0.15) is 0 Å². The highest BCUT2D eigenvalue weighted by molar-refractivity contribution is 5.91. The molecule has 3 heteroatoms. The van der Waals surface area contributed by atoms with E-state index in [1.165, 1.54) is 6.07 Å². The number of hydrogen-bond donors (Lipinski definition) is 1. The second kappa shape index (κ2) is 2.69. The molecule has 0 bridgehead atoms. The number of aryl methyl sites for hydroxylation is 1. The summed E-state index contributed by atoms with van der Waals surface area (Å²) in [5, 5.41) is 0.904. The molecule has 0 aliphatic heterocycles. The zero-order valence-electron chi connectivity index (χ0n) is 7.21. The minimum absolute atomic E-state index is 0.126. The van der Waals surface area contributed by atoms with Crippen molar-refractivity contribution in [3.8, 4) is 0 Å². The summed E-state index contributed by atoms with van der Waals surface area (Å²) in [4.78, 5) is 4.04. The first-order valence-electron chi connectivity index (χ1n) is 3.99. The Hall–Kier alpha value is -1.64. The lowest BCUT2D eigenvalue weighted by Crippen LogP contribution is -1.94. The number of rotatable bonds is 0. The topological polar surface area (TPSA) is 38.9 Å². The van der Waals surface area contributed by atoms with Crippen LogP contribution in [0.5, 0.6) is 0 Å². The van der Waals surface area contributed by atoms with Crippen LogP contribution in [-0.4, -0.2) is 4.98 Å². The van der Waals surface area contributed by atoms with Crippen LogP contribution in [0.25, 0.3) is 10.9 Å². The Morgan fingerprint density at radius 1 is 1.31 bits per heavy atom. The van der Waals surface area contributed by atoms with Gasteiger partial charge in [-0.15, -0.1) is 0 Å². The molecule has 13 heavy (non-hydrogen) atoms. The maximum Gasteiger partial charge on any atom is 0.148 e. The molecule has 2 N–H and O–H groups in total. The van der Waals surface area contributed by atoms with Crippen LogP contribution in [0.1, 0.15) is 5.56 Å². The van der Waals surface area contributed by atoms with E-state index in [2.05, 4.69) is 4.98 Å². The molecular formula is C10H9FN2. The van der Waals surface area contributed by atoms with E-state index in [-0.39, 0.29) is 5.69 Å². The maximum atomic E-state index is 13.0. The third-order valence-corrected chi connectivity index (χ3v) is 2.12. The highest BCUT2D eigenvalue weighted by Crippen LogP contribution is 2.23. The van der Waals surface area contributed by atoms with Crippen LogP contribution < -0.4 is 5.73 Å². The Balaban J connectivity index is 2.94.